The van der Waals surface area contributed by atoms with Gasteiger partial charge in [-0.15, -0.1) is 0 Å². The predicted octanol–water partition coefficient (Wildman–Crippen LogP) is -0.503. The van der Waals surface area contributed by atoms with Crippen molar-refractivity contribution in [1.82, 2.24) is 14.8 Å². The molecule has 8 heteroatoms. The number of anilines is 1. The first-order chi connectivity index (χ1) is 7.48. The Hall–Kier alpha value is -1.93. The molecule has 1 aromatic heterocycles. The fourth-order valence-corrected chi connectivity index (χ4v) is 2.03. The molecular formula is C8H9N5O2S. The van der Waals surface area contributed by atoms with Gasteiger partial charge in [-0.05, 0) is 18.2 Å². The third-order valence-corrected chi connectivity index (χ3v) is 2.90. The zero-order chi connectivity index (χ0) is 11.8. The Morgan fingerprint density at radius 1 is 1.31 bits per heavy atom. The quantitative estimate of drug-likeness (QED) is 0.685. The highest BCUT2D eigenvalue weighted by Gasteiger charge is 2.16. The molecule has 1 heterocycles. The maximum atomic E-state index is 11.4. The van der Waals surface area contributed by atoms with Gasteiger partial charge in [0.15, 0.2) is 0 Å². The number of primary sulfonamides is 1. The lowest BCUT2D eigenvalue weighted by Crippen LogP contribution is -2.16. The maximum Gasteiger partial charge on any atom is 0.240 e. The summed E-state index contributed by atoms with van der Waals surface area (Å²) in [7, 11) is -3.85. The van der Waals surface area contributed by atoms with Crippen LogP contribution in [0.2, 0.25) is 0 Å². The first-order valence-electron chi connectivity index (χ1n) is 4.26. The normalized spacial score (nSPS) is 11.6. The van der Waals surface area contributed by atoms with Gasteiger partial charge in [0.05, 0.1) is 5.69 Å². The molecule has 16 heavy (non-hydrogen) atoms. The monoisotopic (exact) mass is 239 g/mol. The Bertz CT molecular complexity index is 605. The van der Waals surface area contributed by atoms with E-state index in [2.05, 4.69) is 10.1 Å². The molecule has 2 aromatic rings. The highest BCUT2D eigenvalue weighted by Crippen LogP contribution is 2.20. The zero-order valence-electron chi connectivity index (χ0n) is 8.11. The number of nitrogen functional groups attached to an aromatic ring is 1. The van der Waals surface area contributed by atoms with Gasteiger partial charge in [0.2, 0.25) is 10.0 Å². The Labute approximate surface area is 91.8 Å². The third-order valence-electron chi connectivity index (χ3n) is 1.96. The van der Waals surface area contributed by atoms with Crippen LogP contribution in [-0.2, 0) is 10.0 Å². The van der Waals surface area contributed by atoms with Crippen molar-refractivity contribution < 1.29 is 8.42 Å². The van der Waals surface area contributed by atoms with E-state index in [1.807, 2.05) is 0 Å². The Kier molecular flexibility index (Phi) is 2.37. The first-order valence-corrected chi connectivity index (χ1v) is 5.80. The average molecular weight is 239 g/mol. The maximum absolute atomic E-state index is 11.4. The van der Waals surface area contributed by atoms with Crippen molar-refractivity contribution in [1.29, 1.82) is 0 Å². The number of nitrogens with two attached hydrogens (primary N) is 2. The van der Waals surface area contributed by atoms with E-state index in [1.165, 1.54) is 29.5 Å². The van der Waals surface area contributed by atoms with E-state index in [0.29, 0.717) is 11.4 Å². The van der Waals surface area contributed by atoms with Crippen molar-refractivity contribution in [2.24, 2.45) is 5.14 Å². The van der Waals surface area contributed by atoms with E-state index in [-0.39, 0.29) is 4.90 Å². The van der Waals surface area contributed by atoms with Gasteiger partial charge in [-0.3, -0.25) is 0 Å². The summed E-state index contributed by atoms with van der Waals surface area (Å²) in [6, 6.07) is 4.36. The van der Waals surface area contributed by atoms with Gasteiger partial charge >= 0.3 is 0 Å². The number of hydrogen-bond acceptors (Lipinski definition) is 5. The second-order valence-corrected chi connectivity index (χ2v) is 4.64. The van der Waals surface area contributed by atoms with E-state index >= 15 is 0 Å². The van der Waals surface area contributed by atoms with Crippen LogP contribution in [-0.4, -0.2) is 23.2 Å². The van der Waals surface area contributed by atoms with E-state index in [4.69, 9.17) is 10.9 Å². The fraction of sp³-hybridized carbons (Fsp3) is 0. The van der Waals surface area contributed by atoms with E-state index in [1.54, 1.807) is 6.07 Å². The van der Waals surface area contributed by atoms with E-state index in [0.717, 1.165) is 0 Å². The smallest absolute Gasteiger partial charge is 0.240 e. The lowest BCUT2D eigenvalue weighted by molar-refractivity contribution is 0.596. The fourth-order valence-electron chi connectivity index (χ4n) is 1.28. The van der Waals surface area contributed by atoms with Crippen molar-refractivity contribution in [3.05, 3.63) is 30.9 Å². The van der Waals surface area contributed by atoms with Crippen molar-refractivity contribution in [2.45, 2.75) is 4.90 Å². The molecule has 0 spiro atoms. The average Bonchev–Trinajstić information content (AvgIpc) is 2.69. The minimum Gasteiger partial charge on any atom is -0.399 e. The summed E-state index contributed by atoms with van der Waals surface area (Å²) in [6.45, 7) is 0. The third kappa shape index (κ3) is 1.88. The van der Waals surface area contributed by atoms with Gasteiger partial charge in [-0.1, -0.05) is 0 Å². The Balaban J connectivity index is 2.72. The second kappa shape index (κ2) is 3.58. The van der Waals surface area contributed by atoms with Crippen LogP contribution in [0.1, 0.15) is 0 Å². The molecule has 1 aromatic carbocycles. The predicted molar refractivity (Wildman–Crippen MR) is 57.1 cm³/mol. The van der Waals surface area contributed by atoms with Crippen LogP contribution in [0.15, 0.2) is 35.7 Å². The molecule has 0 bridgehead atoms. The number of hydrogen-bond donors (Lipinski definition) is 2. The highest BCUT2D eigenvalue weighted by atomic mass is 32.2. The molecule has 0 amide bonds. The van der Waals surface area contributed by atoms with Crippen LogP contribution < -0.4 is 10.9 Å². The topological polar surface area (TPSA) is 117 Å². The Morgan fingerprint density at radius 3 is 2.62 bits per heavy atom. The molecule has 0 fully saturated rings. The molecule has 0 unspecified atom stereocenters. The summed E-state index contributed by atoms with van der Waals surface area (Å²) in [4.78, 5) is 3.64. The number of sulfonamides is 1. The standard InChI is InChI=1S/C8H9N5O2S/c9-6-1-2-7(13-5-11-4-12-13)8(3-6)16(10,14)15/h1-5H,9H2,(H2,10,14,15). The molecule has 0 aliphatic carbocycles. The minimum atomic E-state index is -3.85. The molecular weight excluding hydrogens is 230 g/mol. The molecule has 7 nitrogen and oxygen atoms in total. The second-order valence-electron chi connectivity index (χ2n) is 3.11. The molecule has 0 saturated carbocycles. The van der Waals surface area contributed by atoms with Crippen LogP contribution in [0.25, 0.3) is 5.69 Å². The van der Waals surface area contributed by atoms with Crippen molar-refractivity contribution >= 4 is 15.7 Å². The van der Waals surface area contributed by atoms with Crippen LogP contribution in [0.4, 0.5) is 5.69 Å². The summed E-state index contributed by atoms with van der Waals surface area (Å²) in [5, 5.41) is 8.92. The number of nitrogens with zero attached hydrogens (tertiary/aromatic N) is 3. The summed E-state index contributed by atoms with van der Waals surface area (Å²) < 4.78 is 24.0. The van der Waals surface area contributed by atoms with E-state index in [9.17, 15) is 8.42 Å². The van der Waals surface area contributed by atoms with Crippen LogP contribution in [0.5, 0.6) is 0 Å². The summed E-state index contributed by atoms with van der Waals surface area (Å²) in [5.41, 5.74) is 6.14. The van der Waals surface area contributed by atoms with Gasteiger partial charge in [0.25, 0.3) is 0 Å². The molecule has 4 N–H and O–H groups in total. The van der Waals surface area contributed by atoms with Gasteiger partial charge in [-0.25, -0.2) is 23.2 Å². The minimum absolute atomic E-state index is 0.0852. The lowest BCUT2D eigenvalue weighted by Gasteiger charge is -2.07. The van der Waals surface area contributed by atoms with E-state index < -0.39 is 10.0 Å². The highest BCUT2D eigenvalue weighted by molar-refractivity contribution is 7.89. The van der Waals surface area contributed by atoms with Crippen LogP contribution >= 0.6 is 0 Å². The summed E-state index contributed by atoms with van der Waals surface area (Å²) in [5.74, 6) is 0. The van der Waals surface area contributed by atoms with Crippen LogP contribution in [0.3, 0.4) is 0 Å². The summed E-state index contributed by atoms with van der Waals surface area (Å²) in [6.07, 6.45) is 2.67. The van der Waals surface area contributed by atoms with Gasteiger partial charge in [-0.2, -0.15) is 5.10 Å². The molecule has 2 rings (SSSR count). The van der Waals surface area contributed by atoms with Crippen molar-refractivity contribution in [2.75, 3.05) is 5.73 Å². The van der Waals surface area contributed by atoms with Gasteiger partial charge in [0, 0.05) is 5.69 Å². The summed E-state index contributed by atoms with van der Waals surface area (Å²) >= 11 is 0. The molecule has 84 valence electrons. The lowest BCUT2D eigenvalue weighted by atomic mass is 10.3. The Morgan fingerprint density at radius 2 is 2.06 bits per heavy atom. The molecule has 0 aliphatic heterocycles. The zero-order valence-corrected chi connectivity index (χ0v) is 8.92. The van der Waals surface area contributed by atoms with Gasteiger partial charge in [0.1, 0.15) is 17.6 Å². The number of benzene rings is 1. The number of aromatic nitrogens is 3. The largest absolute Gasteiger partial charge is 0.399 e. The molecule has 0 saturated heterocycles. The van der Waals surface area contributed by atoms with Gasteiger partial charge < -0.3 is 5.73 Å². The molecule has 0 atom stereocenters. The molecule has 0 radical (unpaired) electrons. The van der Waals surface area contributed by atoms with Crippen molar-refractivity contribution in [3.8, 4) is 5.69 Å². The molecule has 0 aliphatic rings. The van der Waals surface area contributed by atoms with Crippen LogP contribution in [0, 0.1) is 0 Å². The van der Waals surface area contributed by atoms with Crippen molar-refractivity contribution in [3.63, 3.8) is 0 Å². The number of rotatable bonds is 2. The first kappa shape index (κ1) is 10.6. The SMILES string of the molecule is Nc1ccc(-n2cncn2)c(S(N)(=O)=O)c1.